The molecule has 2 N–H and O–H groups in total. The molecule has 0 saturated heterocycles. The molecule has 0 saturated carbocycles. The van der Waals surface area contributed by atoms with Crippen LogP contribution < -0.4 is 0 Å². The highest BCUT2D eigenvalue weighted by molar-refractivity contribution is 5.44. The molecule has 19 heavy (non-hydrogen) atoms. The van der Waals surface area contributed by atoms with Crippen LogP contribution in [-0.4, -0.2) is 23.4 Å². The lowest BCUT2D eigenvalue weighted by Gasteiger charge is -2.06. The second-order valence-corrected chi connectivity index (χ2v) is 4.92. The van der Waals surface area contributed by atoms with Crippen LogP contribution in [0.2, 0.25) is 0 Å². The minimum Gasteiger partial charge on any atom is -0.504 e. The third-order valence-corrected chi connectivity index (χ3v) is 3.23. The molecule has 3 heteroatoms. The molecule has 0 aromatic heterocycles. The van der Waals surface area contributed by atoms with Gasteiger partial charge in [0.15, 0.2) is 11.5 Å². The minimum absolute atomic E-state index is 0.0167. The van der Waals surface area contributed by atoms with Crippen LogP contribution in [0, 0.1) is 0 Å². The van der Waals surface area contributed by atoms with Crippen molar-refractivity contribution >= 4 is 0 Å². The quantitative estimate of drug-likeness (QED) is 0.497. The van der Waals surface area contributed by atoms with Gasteiger partial charge in [-0.1, -0.05) is 38.3 Å². The maximum atomic E-state index is 9.64. The molecule has 0 fully saturated rings. The maximum Gasteiger partial charge on any atom is 0.160 e. The predicted molar refractivity (Wildman–Crippen MR) is 77.7 cm³/mol. The van der Waals surface area contributed by atoms with Crippen molar-refractivity contribution in [2.24, 2.45) is 0 Å². The van der Waals surface area contributed by atoms with Gasteiger partial charge in [0.05, 0.1) is 0 Å². The second kappa shape index (κ2) is 9.68. The Morgan fingerprint density at radius 2 is 1.68 bits per heavy atom. The summed E-state index contributed by atoms with van der Waals surface area (Å²) >= 11 is 0. The van der Waals surface area contributed by atoms with Crippen LogP contribution in [0.1, 0.15) is 51.0 Å². The molecule has 0 atom stereocenters. The van der Waals surface area contributed by atoms with E-state index in [1.807, 2.05) is 6.07 Å². The van der Waals surface area contributed by atoms with Gasteiger partial charge >= 0.3 is 0 Å². The van der Waals surface area contributed by atoms with Crippen molar-refractivity contribution in [2.45, 2.75) is 51.9 Å². The lowest BCUT2D eigenvalue weighted by atomic mass is 10.1. The normalized spacial score (nSPS) is 10.8. The van der Waals surface area contributed by atoms with Crippen LogP contribution in [0.5, 0.6) is 11.5 Å². The molecule has 0 amide bonds. The van der Waals surface area contributed by atoms with Crippen molar-refractivity contribution in [3.63, 3.8) is 0 Å². The summed E-state index contributed by atoms with van der Waals surface area (Å²) in [4.78, 5) is 0. The Morgan fingerprint density at radius 1 is 0.947 bits per heavy atom. The average Bonchev–Trinajstić information content (AvgIpc) is 2.41. The molecular weight excluding hydrogens is 240 g/mol. The number of hydrogen-bond acceptors (Lipinski definition) is 3. The van der Waals surface area contributed by atoms with E-state index in [2.05, 4.69) is 6.92 Å². The summed E-state index contributed by atoms with van der Waals surface area (Å²) in [6, 6.07) is 5.10. The van der Waals surface area contributed by atoms with E-state index in [1.54, 1.807) is 6.07 Å². The third-order valence-electron chi connectivity index (χ3n) is 3.23. The van der Waals surface area contributed by atoms with Crippen molar-refractivity contribution in [3.05, 3.63) is 23.8 Å². The first-order chi connectivity index (χ1) is 9.25. The largest absolute Gasteiger partial charge is 0.504 e. The molecule has 0 aliphatic carbocycles. The summed E-state index contributed by atoms with van der Waals surface area (Å²) in [7, 11) is 0. The van der Waals surface area contributed by atoms with Gasteiger partial charge in [0.25, 0.3) is 0 Å². The van der Waals surface area contributed by atoms with Gasteiger partial charge in [-0.25, -0.2) is 0 Å². The average molecular weight is 266 g/mol. The number of hydrogen-bond donors (Lipinski definition) is 2. The Labute approximate surface area is 116 Å². The van der Waals surface area contributed by atoms with E-state index in [-0.39, 0.29) is 11.5 Å². The Bertz CT molecular complexity index is 350. The van der Waals surface area contributed by atoms with E-state index >= 15 is 0 Å². The Balaban J connectivity index is 2.03. The van der Waals surface area contributed by atoms with Crippen LogP contribution in [0.3, 0.4) is 0 Å². The number of phenolic OH excluding ortho intramolecular Hbond substituents is 2. The monoisotopic (exact) mass is 266 g/mol. The predicted octanol–water partition coefficient (Wildman–Crippen LogP) is 4.02. The van der Waals surface area contributed by atoms with E-state index in [1.165, 1.54) is 25.3 Å². The second-order valence-electron chi connectivity index (χ2n) is 4.92. The molecule has 1 aromatic rings. The van der Waals surface area contributed by atoms with Gasteiger partial charge < -0.3 is 14.9 Å². The van der Waals surface area contributed by atoms with Crippen molar-refractivity contribution in [1.29, 1.82) is 0 Å². The van der Waals surface area contributed by atoms with Gasteiger partial charge in [0, 0.05) is 13.2 Å². The fourth-order valence-corrected chi connectivity index (χ4v) is 2.03. The molecule has 108 valence electrons. The van der Waals surface area contributed by atoms with Crippen LogP contribution in [0.15, 0.2) is 18.2 Å². The van der Waals surface area contributed by atoms with Crippen LogP contribution >= 0.6 is 0 Å². The van der Waals surface area contributed by atoms with Gasteiger partial charge in [-0.2, -0.15) is 0 Å². The highest BCUT2D eigenvalue weighted by atomic mass is 16.5. The molecule has 0 heterocycles. The molecule has 1 aromatic carbocycles. The summed E-state index contributed by atoms with van der Waals surface area (Å²) in [5.41, 5.74) is 0.808. The minimum atomic E-state index is -0.0373. The summed E-state index contributed by atoms with van der Waals surface area (Å²) in [6.07, 6.45) is 7.69. The summed E-state index contributed by atoms with van der Waals surface area (Å²) in [5.74, 6) is -0.0207. The van der Waals surface area contributed by atoms with Crippen LogP contribution in [-0.2, 0) is 11.2 Å². The van der Waals surface area contributed by atoms with E-state index in [0.717, 1.165) is 44.5 Å². The zero-order valence-corrected chi connectivity index (χ0v) is 11.9. The lowest BCUT2D eigenvalue weighted by molar-refractivity contribution is 0.126. The van der Waals surface area contributed by atoms with Crippen molar-refractivity contribution in [1.82, 2.24) is 0 Å². The first-order valence-electron chi connectivity index (χ1n) is 7.33. The molecule has 0 unspecified atom stereocenters. The lowest BCUT2D eigenvalue weighted by Crippen LogP contribution is -1.98. The number of para-hydroxylation sites is 1. The number of unbranched alkanes of at least 4 members (excludes halogenated alkanes) is 4. The molecule has 0 bridgehead atoms. The molecule has 0 aliphatic heterocycles. The van der Waals surface area contributed by atoms with Gasteiger partial charge in [-0.15, -0.1) is 0 Å². The fraction of sp³-hybridized carbons (Fsp3) is 0.625. The zero-order chi connectivity index (χ0) is 13.9. The highest BCUT2D eigenvalue weighted by Crippen LogP contribution is 2.29. The van der Waals surface area contributed by atoms with Crippen molar-refractivity contribution in [2.75, 3.05) is 13.2 Å². The molecule has 1 rings (SSSR count). The zero-order valence-electron chi connectivity index (χ0n) is 11.9. The van der Waals surface area contributed by atoms with Crippen molar-refractivity contribution in [3.8, 4) is 11.5 Å². The maximum absolute atomic E-state index is 9.64. The smallest absolute Gasteiger partial charge is 0.160 e. The molecule has 0 spiro atoms. The summed E-state index contributed by atoms with van der Waals surface area (Å²) < 4.78 is 5.56. The SMILES string of the molecule is CCCCCCOCCCCc1cccc(O)c1O. The van der Waals surface area contributed by atoms with E-state index in [9.17, 15) is 10.2 Å². The van der Waals surface area contributed by atoms with Gasteiger partial charge in [0.2, 0.25) is 0 Å². The standard InChI is InChI=1S/C16H26O3/c1-2-3-4-6-12-19-13-7-5-9-14-10-8-11-15(17)16(14)18/h8,10-11,17-18H,2-7,9,12-13H2,1H3. The van der Waals surface area contributed by atoms with E-state index in [4.69, 9.17) is 4.74 Å². The first-order valence-corrected chi connectivity index (χ1v) is 7.33. The Kier molecular flexibility index (Phi) is 8.07. The number of ether oxygens (including phenoxy) is 1. The molecule has 0 radical (unpaired) electrons. The van der Waals surface area contributed by atoms with E-state index < -0.39 is 0 Å². The first kappa shape index (κ1) is 15.8. The third kappa shape index (κ3) is 6.48. The number of phenols is 2. The van der Waals surface area contributed by atoms with Gasteiger partial charge in [-0.3, -0.25) is 0 Å². The topological polar surface area (TPSA) is 49.7 Å². The highest BCUT2D eigenvalue weighted by Gasteiger charge is 2.04. The van der Waals surface area contributed by atoms with Gasteiger partial charge in [-0.05, 0) is 37.3 Å². The number of aryl methyl sites for hydroxylation is 1. The van der Waals surface area contributed by atoms with Gasteiger partial charge in [0.1, 0.15) is 0 Å². The number of benzene rings is 1. The number of rotatable bonds is 10. The summed E-state index contributed by atoms with van der Waals surface area (Å²) in [5, 5.41) is 19.0. The molecule has 0 aliphatic rings. The summed E-state index contributed by atoms with van der Waals surface area (Å²) in [6.45, 7) is 3.85. The number of aromatic hydroxyl groups is 2. The Hall–Kier alpha value is -1.22. The van der Waals surface area contributed by atoms with Crippen LogP contribution in [0.25, 0.3) is 0 Å². The van der Waals surface area contributed by atoms with Crippen LogP contribution in [0.4, 0.5) is 0 Å². The molecule has 3 nitrogen and oxygen atoms in total. The van der Waals surface area contributed by atoms with E-state index in [0.29, 0.717) is 0 Å². The fourth-order valence-electron chi connectivity index (χ4n) is 2.03. The molecular formula is C16H26O3. The van der Waals surface area contributed by atoms with Crippen molar-refractivity contribution < 1.29 is 14.9 Å². The Morgan fingerprint density at radius 3 is 2.42 bits per heavy atom.